The maximum absolute atomic E-state index is 12.3. The topological polar surface area (TPSA) is 70.5 Å². The second-order valence-corrected chi connectivity index (χ2v) is 6.42. The molecular weight excluding hydrogens is 361 g/mol. The Morgan fingerprint density at radius 3 is 2.37 bits per heavy atom. The molecule has 2 N–H and O–H groups in total. The van der Waals surface area contributed by atoms with Crippen molar-refractivity contribution in [3.63, 3.8) is 0 Å². The summed E-state index contributed by atoms with van der Waals surface area (Å²) in [7, 11) is 0. The fourth-order valence-corrected chi connectivity index (χ4v) is 2.41. The van der Waals surface area contributed by atoms with Crippen molar-refractivity contribution in [1.29, 1.82) is 0 Å². The van der Waals surface area contributed by atoms with Gasteiger partial charge in [0.1, 0.15) is 5.75 Å². The number of alkyl halides is 3. The highest BCUT2D eigenvalue weighted by Crippen LogP contribution is 2.32. The van der Waals surface area contributed by atoms with Crippen molar-refractivity contribution in [1.82, 2.24) is 5.16 Å². The third-order valence-electron chi connectivity index (χ3n) is 4.24. The summed E-state index contributed by atoms with van der Waals surface area (Å²) in [4.78, 5) is 0. The number of rotatable bonds is 6. The number of hydrogen-bond acceptors (Lipinski definition) is 5. The lowest BCUT2D eigenvalue weighted by molar-refractivity contribution is -0.274. The molecule has 2 aromatic carbocycles. The minimum absolute atomic E-state index is 0.0174. The van der Waals surface area contributed by atoms with Crippen LogP contribution in [0.3, 0.4) is 0 Å². The second-order valence-electron chi connectivity index (χ2n) is 6.42. The highest BCUT2D eigenvalue weighted by atomic mass is 19.4. The number of nitrogens with two attached hydrogens (primary N) is 1. The molecule has 0 aliphatic carbocycles. The lowest BCUT2D eigenvalue weighted by Gasteiger charge is -2.14. The zero-order valence-electron chi connectivity index (χ0n) is 14.8. The lowest BCUT2D eigenvalue weighted by atomic mass is 10.0. The number of ether oxygens (including phenoxy) is 2. The van der Waals surface area contributed by atoms with Crippen molar-refractivity contribution in [2.75, 3.05) is 6.61 Å². The van der Waals surface area contributed by atoms with Crippen LogP contribution in [0.5, 0.6) is 11.6 Å². The fourth-order valence-electron chi connectivity index (χ4n) is 2.41. The quantitative estimate of drug-likeness (QED) is 0.668. The highest BCUT2D eigenvalue weighted by Gasteiger charge is 2.31. The Morgan fingerprint density at radius 1 is 1.07 bits per heavy atom. The van der Waals surface area contributed by atoms with Gasteiger partial charge in [0, 0.05) is 12.0 Å². The van der Waals surface area contributed by atoms with Gasteiger partial charge in [0.15, 0.2) is 5.58 Å². The van der Waals surface area contributed by atoms with Crippen LogP contribution < -0.4 is 15.2 Å². The predicted octanol–water partition coefficient (Wildman–Crippen LogP) is 4.76. The van der Waals surface area contributed by atoms with Crippen LogP contribution in [0.1, 0.15) is 13.8 Å². The molecule has 0 fully saturated rings. The standard InChI is InChI=1S/C19H19F3N2O3/c1-11(12(2)23)10-25-18-16-9-14(5-8-17(16)27-24-18)13-3-6-15(7-4-13)26-19(20,21)22/h3-9,11-12H,10,23H2,1-2H3. The average Bonchev–Trinajstić information content (AvgIpc) is 3.01. The molecular formula is C19H19F3N2O3. The Kier molecular flexibility index (Phi) is 5.27. The molecule has 0 aliphatic heterocycles. The van der Waals surface area contributed by atoms with Crippen LogP contribution in [0.2, 0.25) is 0 Å². The van der Waals surface area contributed by atoms with Crippen LogP contribution in [0.4, 0.5) is 13.2 Å². The first-order valence-corrected chi connectivity index (χ1v) is 8.37. The lowest BCUT2D eigenvalue weighted by Crippen LogP contribution is -2.28. The zero-order chi connectivity index (χ0) is 19.6. The summed E-state index contributed by atoms with van der Waals surface area (Å²) >= 11 is 0. The van der Waals surface area contributed by atoms with E-state index in [2.05, 4.69) is 9.89 Å². The molecule has 8 heteroatoms. The molecule has 0 amide bonds. The van der Waals surface area contributed by atoms with Crippen LogP contribution in [0, 0.1) is 5.92 Å². The molecule has 0 radical (unpaired) electrons. The molecule has 0 saturated heterocycles. The predicted molar refractivity (Wildman–Crippen MR) is 94.4 cm³/mol. The Labute approximate surface area is 153 Å². The van der Waals surface area contributed by atoms with Crippen LogP contribution in [0.25, 0.3) is 22.1 Å². The number of nitrogens with zero attached hydrogens (tertiary/aromatic N) is 1. The van der Waals surface area contributed by atoms with Gasteiger partial charge in [-0.25, -0.2) is 0 Å². The summed E-state index contributed by atoms with van der Waals surface area (Å²) < 4.78 is 51.7. The SMILES string of the molecule is CC(N)C(C)COc1noc2ccc(-c3ccc(OC(F)(F)F)cc3)cc12. The van der Waals surface area contributed by atoms with Crippen molar-refractivity contribution >= 4 is 11.0 Å². The first kappa shape index (κ1) is 19.0. The second kappa shape index (κ2) is 7.48. The maximum atomic E-state index is 12.3. The fraction of sp³-hybridized carbons (Fsp3) is 0.316. The largest absolute Gasteiger partial charge is 0.573 e. The zero-order valence-corrected chi connectivity index (χ0v) is 14.8. The van der Waals surface area contributed by atoms with Crippen molar-refractivity contribution in [3.05, 3.63) is 42.5 Å². The van der Waals surface area contributed by atoms with E-state index in [1.54, 1.807) is 24.3 Å². The summed E-state index contributed by atoms with van der Waals surface area (Å²) in [6, 6.07) is 11.0. The average molecular weight is 380 g/mol. The van der Waals surface area contributed by atoms with Gasteiger partial charge in [0.05, 0.1) is 12.0 Å². The van der Waals surface area contributed by atoms with E-state index >= 15 is 0 Å². The number of halogens is 3. The van der Waals surface area contributed by atoms with Crippen LogP contribution in [-0.4, -0.2) is 24.2 Å². The minimum Gasteiger partial charge on any atom is -0.475 e. The molecule has 3 aromatic rings. The van der Waals surface area contributed by atoms with E-state index < -0.39 is 6.36 Å². The van der Waals surface area contributed by atoms with E-state index in [4.69, 9.17) is 15.0 Å². The first-order chi connectivity index (χ1) is 12.7. The molecule has 2 unspecified atom stereocenters. The Balaban J connectivity index is 1.82. The highest BCUT2D eigenvalue weighted by molar-refractivity contribution is 5.87. The smallest absolute Gasteiger partial charge is 0.475 e. The minimum atomic E-state index is -4.71. The number of hydrogen-bond donors (Lipinski definition) is 1. The van der Waals surface area contributed by atoms with Gasteiger partial charge in [-0.15, -0.1) is 13.2 Å². The monoisotopic (exact) mass is 380 g/mol. The van der Waals surface area contributed by atoms with Crippen molar-refractivity contribution in [2.45, 2.75) is 26.3 Å². The molecule has 0 spiro atoms. The summed E-state index contributed by atoms with van der Waals surface area (Å²) in [5.74, 6) is 0.226. The molecule has 0 saturated carbocycles. The summed E-state index contributed by atoms with van der Waals surface area (Å²) in [5, 5.41) is 4.61. The first-order valence-electron chi connectivity index (χ1n) is 8.37. The molecule has 144 valence electrons. The normalized spacial score (nSPS) is 14.1. The summed E-state index contributed by atoms with van der Waals surface area (Å²) in [6.07, 6.45) is -4.71. The van der Waals surface area contributed by atoms with Crippen LogP contribution in [-0.2, 0) is 0 Å². The Morgan fingerprint density at radius 2 is 1.74 bits per heavy atom. The van der Waals surface area contributed by atoms with Crippen LogP contribution >= 0.6 is 0 Å². The van der Waals surface area contributed by atoms with E-state index in [9.17, 15) is 13.2 Å². The van der Waals surface area contributed by atoms with E-state index in [-0.39, 0.29) is 17.7 Å². The Bertz CT molecular complexity index is 905. The Hall–Kier alpha value is -2.74. The van der Waals surface area contributed by atoms with Gasteiger partial charge in [0.2, 0.25) is 0 Å². The molecule has 1 heterocycles. The number of fused-ring (bicyclic) bond motifs is 1. The maximum Gasteiger partial charge on any atom is 0.573 e. The molecule has 27 heavy (non-hydrogen) atoms. The van der Waals surface area contributed by atoms with Crippen molar-refractivity contribution < 1.29 is 27.2 Å². The summed E-state index contributed by atoms with van der Waals surface area (Å²) in [6.45, 7) is 4.27. The number of aromatic nitrogens is 1. The van der Waals surface area contributed by atoms with Gasteiger partial charge in [-0.05, 0) is 47.5 Å². The molecule has 1 aromatic heterocycles. The molecule has 5 nitrogen and oxygen atoms in total. The third kappa shape index (κ3) is 4.71. The molecule has 3 rings (SSSR count). The van der Waals surface area contributed by atoms with Gasteiger partial charge in [-0.3, -0.25) is 0 Å². The van der Waals surface area contributed by atoms with E-state index in [0.29, 0.717) is 23.5 Å². The van der Waals surface area contributed by atoms with Gasteiger partial charge in [-0.2, -0.15) is 0 Å². The van der Waals surface area contributed by atoms with Crippen molar-refractivity contribution in [2.24, 2.45) is 11.7 Å². The van der Waals surface area contributed by atoms with Crippen LogP contribution in [0.15, 0.2) is 47.0 Å². The van der Waals surface area contributed by atoms with Crippen molar-refractivity contribution in [3.8, 4) is 22.8 Å². The van der Waals surface area contributed by atoms with E-state index in [1.807, 2.05) is 19.9 Å². The summed E-state index contributed by atoms with van der Waals surface area (Å²) in [5.41, 5.74) is 7.90. The van der Waals surface area contributed by atoms with Gasteiger partial charge >= 0.3 is 6.36 Å². The molecule has 0 aliphatic rings. The van der Waals surface area contributed by atoms with E-state index in [0.717, 1.165) is 11.1 Å². The van der Waals surface area contributed by atoms with E-state index in [1.165, 1.54) is 12.1 Å². The van der Waals surface area contributed by atoms with Gasteiger partial charge < -0.3 is 19.7 Å². The van der Waals surface area contributed by atoms with Gasteiger partial charge in [0.25, 0.3) is 5.88 Å². The van der Waals surface area contributed by atoms with Gasteiger partial charge in [-0.1, -0.05) is 25.1 Å². The molecule has 0 bridgehead atoms. The molecule has 2 atom stereocenters. The number of benzene rings is 2. The third-order valence-corrected chi connectivity index (χ3v) is 4.24.